The molecule has 2 amide bonds. The maximum absolute atomic E-state index is 12.1. The second-order valence-corrected chi connectivity index (χ2v) is 6.05. The first-order chi connectivity index (χ1) is 11.3. The van der Waals surface area contributed by atoms with Crippen molar-refractivity contribution in [2.24, 2.45) is 7.05 Å². The number of nitrogens with one attached hydrogen (secondary N) is 2. The van der Waals surface area contributed by atoms with Crippen LogP contribution in [0, 0.1) is 0 Å². The molecular formula is C17H25N5O2. The lowest BCUT2D eigenvalue weighted by Gasteiger charge is -2.22. The Morgan fingerprint density at radius 2 is 2.21 bits per heavy atom. The number of aliphatic hydroxyl groups is 1. The summed E-state index contributed by atoms with van der Waals surface area (Å²) in [6, 6.07) is 7.24. The summed E-state index contributed by atoms with van der Waals surface area (Å²) in [6.07, 6.45) is 3.31. The van der Waals surface area contributed by atoms with Crippen LogP contribution in [-0.2, 0) is 12.6 Å². The average molecular weight is 331 g/mol. The molecule has 0 unspecified atom stereocenters. The first kappa shape index (κ1) is 17.8. The van der Waals surface area contributed by atoms with Crippen LogP contribution in [0.3, 0.4) is 0 Å². The van der Waals surface area contributed by atoms with Crippen LogP contribution in [0.1, 0.15) is 19.4 Å². The Morgan fingerprint density at radius 3 is 2.83 bits per heavy atom. The zero-order valence-corrected chi connectivity index (χ0v) is 14.6. The van der Waals surface area contributed by atoms with Gasteiger partial charge in [-0.25, -0.2) is 4.79 Å². The topological polar surface area (TPSA) is 82.4 Å². The lowest BCUT2D eigenvalue weighted by Crippen LogP contribution is -2.40. The van der Waals surface area contributed by atoms with Gasteiger partial charge in [0.1, 0.15) is 5.60 Å². The molecule has 0 radical (unpaired) electrons. The number of urea groups is 1. The van der Waals surface area contributed by atoms with Crippen molar-refractivity contribution >= 4 is 17.4 Å². The maximum atomic E-state index is 12.1. The van der Waals surface area contributed by atoms with Crippen LogP contribution in [0.2, 0.25) is 0 Å². The summed E-state index contributed by atoms with van der Waals surface area (Å²) in [5, 5.41) is 20.0. The van der Waals surface area contributed by atoms with Crippen LogP contribution in [0.4, 0.5) is 16.2 Å². The molecule has 1 atom stereocenters. The molecule has 3 N–H and O–H groups in total. The Kier molecular flexibility index (Phi) is 5.46. The fourth-order valence-corrected chi connectivity index (χ4v) is 2.23. The number of benzene rings is 1. The van der Waals surface area contributed by atoms with Gasteiger partial charge in [-0.15, -0.1) is 0 Å². The Bertz CT molecular complexity index is 696. The number of aryl methyl sites for hydroxylation is 1. The molecule has 0 aliphatic rings. The second-order valence-electron chi connectivity index (χ2n) is 6.05. The second kappa shape index (κ2) is 7.35. The Balaban J connectivity index is 1.94. The number of hydrogen-bond acceptors (Lipinski definition) is 4. The standard InChI is InChI=1S/C17H25N5O2/c1-5-21(3)15-8-6-7-14(9-15)20-16(23)18-12-17(2,24)13-10-19-22(4)11-13/h6-11,24H,5,12H2,1-4H3,(H2,18,20,23)/t17-/m1/s1. The molecule has 0 aliphatic heterocycles. The number of rotatable bonds is 6. The van der Waals surface area contributed by atoms with Crippen molar-refractivity contribution in [3.05, 3.63) is 42.2 Å². The minimum Gasteiger partial charge on any atom is -0.383 e. The molecule has 130 valence electrons. The van der Waals surface area contributed by atoms with E-state index in [4.69, 9.17) is 0 Å². The molecule has 7 nitrogen and oxygen atoms in total. The van der Waals surface area contributed by atoms with Crippen molar-refractivity contribution in [3.63, 3.8) is 0 Å². The fourth-order valence-electron chi connectivity index (χ4n) is 2.23. The summed E-state index contributed by atoms with van der Waals surface area (Å²) in [5.41, 5.74) is 1.19. The van der Waals surface area contributed by atoms with Gasteiger partial charge in [-0.2, -0.15) is 5.10 Å². The van der Waals surface area contributed by atoms with Crippen molar-refractivity contribution in [2.75, 3.05) is 30.4 Å². The van der Waals surface area contributed by atoms with Gasteiger partial charge in [-0.1, -0.05) is 6.07 Å². The highest BCUT2D eigenvalue weighted by Crippen LogP contribution is 2.20. The number of amides is 2. The van der Waals surface area contributed by atoms with E-state index in [0.29, 0.717) is 11.3 Å². The lowest BCUT2D eigenvalue weighted by atomic mass is 10.00. The van der Waals surface area contributed by atoms with Gasteiger partial charge in [0.05, 0.1) is 12.7 Å². The van der Waals surface area contributed by atoms with E-state index < -0.39 is 5.60 Å². The quantitative estimate of drug-likeness (QED) is 0.755. The molecule has 0 saturated carbocycles. The summed E-state index contributed by atoms with van der Waals surface area (Å²) in [5.74, 6) is 0. The zero-order chi connectivity index (χ0) is 17.7. The molecule has 1 aromatic heterocycles. The molecule has 2 rings (SSSR count). The van der Waals surface area contributed by atoms with Crippen LogP contribution in [-0.4, -0.2) is 41.1 Å². The van der Waals surface area contributed by atoms with E-state index in [1.54, 1.807) is 31.0 Å². The lowest BCUT2D eigenvalue weighted by molar-refractivity contribution is 0.0599. The summed E-state index contributed by atoms with van der Waals surface area (Å²) in [6.45, 7) is 4.66. The van der Waals surface area contributed by atoms with E-state index in [0.717, 1.165) is 12.2 Å². The molecule has 0 fully saturated rings. The average Bonchev–Trinajstić information content (AvgIpc) is 3.00. The summed E-state index contributed by atoms with van der Waals surface area (Å²) < 4.78 is 1.61. The van der Waals surface area contributed by atoms with Crippen molar-refractivity contribution in [2.45, 2.75) is 19.4 Å². The van der Waals surface area contributed by atoms with Crippen LogP contribution < -0.4 is 15.5 Å². The third-order valence-electron chi connectivity index (χ3n) is 3.94. The van der Waals surface area contributed by atoms with E-state index in [-0.39, 0.29) is 12.6 Å². The molecule has 24 heavy (non-hydrogen) atoms. The van der Waals surface area contributed by atoms with Crippen LogP contribution in [0.5, 0.6) is 0 Å². The van der Waals surface area contributed by atoms with Crippen LogP contribution >= 0.6 is 0 Å². The minimum absolute atomic E-state index is 0.0824. The maximum Gasteiger partial charge on any atom is 0.319 e. The number of nitrogens with zero attached hydrogens (tertiary/aromatic N) is 3. The van der Waals surface area contributed by atoms with Crippen molar-refractivity contribution in [1.29, 1.82) is 0 Å². The Labute approximate surface area is 142 Å². The van der Waals surface area contributed by atoms with Gasteiger partial charge >= 0.3 is 6.03 Å². The van der Waals surface area contributed by atoms with E-state index >= 15 is 0 Å². The highest BCUT2D eigenvalue weighted by molar-refractivity contribution is 5.89. The molecule has 1 heterocycles. The summed E-state index contributed by atoms with van der Waals surface area (Å²) in [7, 11) is 3.77. The van der Waals surface area contributed by atoms with Crippen LogP contribution in [0.25, 0.3) is 0 Å². The molecule has 0 spiro atoms. The van der Waals surface area contributed by atoms with Gasteiger partial charge < -0.3 is 20.6 Å². The zero-order valence-electron chi connectivity index (χ0n) is 14.6. The van der Waals surface area contributed by atoms with Gasteiger partial charge in [-0.3, -0.25) is 4.68 Å². The number of carbonyl (C=O) groups excluding carboxylic acids is 1. The predicted molar refractivity (Wildman–Crippen MR) is 95.2 cm³/mol. The summed E-state index contributed by atoms with van der Waals surface area (Å²) in [4.78, 5) is 14.2. The third kappa shape index (κ3) is 4.48. The van der Waals surface area contributed by atoms with Gasteiger partial charge in [0, 0.05) is 43.8 Å². The molecule has 1 aromatic carbocycles. The molecule has 2 aromatic rings. The number of hydrogen-bond donors (Lipinski definition) is 3. The van der Waals surface area contributed by atoms with Crippen LogP contribution in [0.15, 0.2) is 36.7 Å². The normalized spacial score (nSPS) is 13.2. The number of aromatic nitrogens is 2. The molecule has 7 heteroatoms. The minimum atomic E-state index is -1.18. The van der Waals surface area contributed by atoms with E-state index in [2.05, 4.69) is 27.6 Å². The largest absolute Gasteiger partial charge is 0.383 e. The Hall–Kier alpha value is -2.54. The van der Waals surface area contributed by atoms with Gasteiger partial charge in [0.2, 0.25) is 0 Å². The number of carbonyl (C=O) groups is 1. The smallest absolute Gasteiger partial charge is 0.319 e. The van der Waals surface area contributed by atoms with Crippen molar-refractivity contribution in [3.8, 4) is 0 Å². The van der Waals surface area contributed by atoms with Crippen molar-refractivity contribution < 1.29 is 9.90 Å². The highest BCUT2D eigenvalue weighted by atomic mass is 16.3. The number of anilines is 2. The van der Waals surface area contributed by atoms with E-state index in [1.807, 2.05) is 31.3 Å². The molecule has 0 saturated heterocycles. The Morgan fingerprint density at radius 1 is 1.46 bits per heavy atom. The van der Waals surface area contributed by atoms with Gasteiger partial charge in [0.15, 0.2) is 0 Å². The van der Waals surface area contributed by atoms with E-state index in [1.165, 1.54) is 0 Å². The summed E-state index contributed by atoms with van der Waals surface area (Å²) >= 11 is 0. The first-order valence-electron chi connectivity index (χ1n) is 7.89. The third-order valence-corrected chi connectivity index (χ3v) is 3.94. The van der Waals surface area contributed by atoms with Gasteiger partial charge in [-0.05, 0) is 32.0 Å². The highest BCUT2D eigenvalue weighted by Gasteiger charge is 2.25. The molecule has 0 bridgehead atoms. The monoisotopic (exact) mass is 331 g/mol. The molecular weight excluding hydrogens is 306 g/mol. The van der Waals surface area contributed by atoms with E-state index in [9.17, 15) is 9.90 Å². The molecule has 0 aliphatic carbocycles. The van der Waals surface area contributed by atoms with Crippen molar-refractivity contribution in [1.82, 2.24) is 15.1 Å². The predicted octanol–water partition coefficient (Wildman–Crippen LogP) is 1.91. The fraction of sp³-hybridized carbons (Fsp3) is 0.412. The van der Waals surface area contributed by atoms with Gasteiger partial charge in [0.25, 0.3) is 0 Å². The first-order valence-corrected chi connectivity index (χ1v) is 7.89. The SMILES string of the molecule is CCN(C)c1cccc(NC(=O)NC[C@@](C)(O)c2cnn(C)c2)c1.